The summed E-state index contributed by atoms with van der Waals surface area (Å²) in [4.78, 5) is 11.1. The lowest BCUT2D eigenvalue weighted by Crippen LogP contribution is -2.55. The smallest absolute Gasteiger partial charge is 0.324 e. The lowest BCUT2D eigenvalue weighted by Gasteiger charge is -2.35. The molecule has 0 atom stereocenters. The predicted molar refractivity (Wildman–Crippen MR) is 87.4 cm³/mol. The third-order valence-corrected chi connectivity index (χ3v) is 4.62. The predicted octanol–water partition coefficient (Wildman–Crippen LogP) is 2.83. The molecule has 4 rings (SSSR count). The standard InChI is InChI=1S/C17H18F3N5/c1-10-2-12(17(18,19)20)4-13(3-10)23-16-22-5-11-8-25(9-15(11)24-16)14-6-21-7-14/h2-5,14,21H,6-9H2,1H3,(H,22,23,24). The van der Waals surface area contributed by atoms with Gasteiger partial charge in [0, 0.05) is 49.7 Å². The number of anilines is 2. The average Bonchev–Trinajstić information content (AvgIpc) is 2.86. The van der Waals surface area contributed by atoms with Gasteiger partial charge in [-0.1, -0.05) is 0 Å². The molecule has 1 saturated heterocycles. The summed E-state index contributed by atoms with van der Waals surface area (Å²) in [6.07, 6.45) is -2.62. The zero-order valence-electron chi connectivity index (χ0n) is 13.7. The zero-order chi connectivity index (χ0) is 17.6. The minimum atomic E-state index is -4.38. The van der Waals surface area contributed by atoms with Crippen LogP contribution in [-0.2, 0) is 19.3 Å². The molecule has 1 fully saturated rings. The van der Waals surface area contributed by atoms with E-state index in [1.165, 1.54) is 0 Å². The summed E-state index contributed by atoms with van der Waals surface area (Å²) in [6.45, 7) is 5.17. The number of aromatic nitrogens is 2. The van der Waals surface area contributed by atoms with E-state index in [-0.39, 0.29) is 0 Å². The number of rotatable bonds is 3. The van der Waals surface area contributed by atoms with Crippen LogP contribution in [-0.4, -0.2) is 34.0 Å². The molecular weight excluding hydrogens is 331 g/mol. The molecule has 1 aromatic carbocycles. The van der Waals surface area contributed by atoms with Crippen molar-refractivity contribution in [2.75, 3.05) is 18.4 Å². The number of halogens is 3. The highest BCUT2D eigenvalue weighted by Gasteiger charge is 2.32. The number of nitrogens with zero attached hydrogens (tertiary/aromatic N) is 3. The third-order valence-electron chi connectivity index (χ3n) is 4.62. The van der Waals surface area contributed by atoms with Crippen LogP contribution in [0.3, 0.4) is 0 Å². The Morgan fingerprint density at radius 1 is 1.20 bits per heavy atom. The van der Waals surface area contributed by atoms with E-state index in [4.69, 9.17) is 0 Å². The SMILES string of the molecule is Cc1cc(Nc2ncc3c(n2)CN(C2CNC2)C3)cc(C(F)(F)F)c1. The van der Waals surface area contributed by atoms with Crippen LogP contribution >= 0.6 is 0 Å². The minimum absolute atomic E-state index is 0.325. The molecule has 2 N–H and O–H groups in total. The van der Waals surface area contributed by atoms with Crippen LogP contribution in [0.5, 0.6) is 0 Å². The van der Waals surface area contributed by atoms with Gasteiger partial charge in [-0.3, -0.25) is 4.90 Å². The summed E-state index contributed by atoms with van der Waals surface area (Å²) >= 11 is 0. The van der Waals surface area contributed by atoms with E-state index in [2.05, 4.69) is 25.5 Å². The van der Waals surface area contributed by atoms with Crippen molar-refractivity contribution in [3.8, 4) is 0 Å². The van der Waals surface area contributed by atoms with Crippen molar-refractivity contribution in [1.82, 2.24) is 20.2 Å². The van der Waals surface area contributed by atoms with Crippen molar-refractivity contribution >= 4 is 11.6 Å². The molecule has 8 heteroatoms. The fourth-order valence-electron chi connectivity index (χ4n) is 3.18. The third kappa shape index (κ3) is 3.32. The largest absolute Gasteiger partial charge is 0.416 e. The fourth-order valence-corrected chi connectivity index (χ4v) is 3.18. The van der Waals surface area contributed by atoms with E-state index in [1.807, 2.05) is 0 Å². The van der Waals surface area contributed by atoms with E-state index in [0.29, 0.717) is 23.2 Å². The molecule has 0 unspecified atom stereocenters. The Balaban J connectivity index is 1.54. The van der Waals surface area contributed by atoms with Gasteiger partial charge < -0.3 is 10.6 Å². The molecule has 2 aliphatic heterocycles. The van der Waals surface area contributed by atoms with Gasteiger partial charge in [-0.2, -0.15) is 13.2 Å². The number of benzene rings is 1. The van der Waals surface area contributed by atoms with Crippen molar-refractivity contribution in [1.29, 1.82) is 0 Å². The molecule has 0 radical (unpaired) electrons. The maximum Gasteiger partial charge on any atom is 0.416 e. The van der Waals surface area contributed by atoms with Crippen LogP contribution in [0.15, 0.2) is 24.4 Å². The fraction of sp³-hybridized carbons (Fsp3) is 0.412. The normalized spacial score (nSPS) is 18.1. The summed E-state index contributed by atoms with van der Waals surface area (Å²) in [5, 5.41) is 6.16. The highest BCUT2D eigenvalue weighted by atomic mass is 19.4. The van der Waals surface area contributed by atoms with Gasteiger partial charge in [-0.05, 0) is 30.7 Å². The lowest BCUT2D eigenvalue weighted by atomic mass is 10.1. The average molecular weight is 349 g/mol. The van der Waals surface area contributed by atoms with Crippen LogP contribution < -0.4 is 10.6 Å². The Kier molecular flexibility index (Phi) is 3.88. The number of alkyl halides is 3. The summed E-state index contributed by atoms with van der Waals surface area (Å²) in [6, 6.07) is 4.38. The molecule has 0 aliphatic carbocycles. The maximum absolute atomic E-state index is 13.0. The van der Waals surface area contributed by atoms with E-state index in [1.54, 1.807) is 19.2 Å². The number of fused-ring (bicyclic) bond motifs is 1. The maximum atomic E-state index is 13.0. The van der Waals surface area contributed by atoms with Crippen molar-refractivity contribution in [2.24, 2.45) is 0 Å². The van der Waals surface area contributed by atoms with Crippen LogP contribution in [0.1, 0.15) is 22.4 Å². The molecule has 1 aromatic heterocycles. The van der Waals surface area contributed by atoms with Crippen LogP contribution in [0.4, 0.5) is 24.8 Å². The van der Waals surface area contributed by atoms with E-state index < -0.39 is 11.7 Å². The first-order valence-electron chi connectivity index (χ1n) is 8.14. The molecule has 5 nitrogen and oxygen atoms in total. The zero-order valence-corrected chi connectivity index (χ0v) is 13.7. The second kappa shape index (κ2) is 5.96. The Morgan fingerprint density at radius 3 is 2.68 bits per heavy atom. The molecule has 0 spiro atoms. The van der Waals surface area contributed by atoms with E-state index in [0.717, 1.165) is 49.6 Å². The van der Waals surface area contributed by atoms with Crippen molar-refractivity contribution in [3.63, 3.8) is 0 Å². The summed E-state index contributed by atoms with van der Waals surface area (Å²) in [7, 11) is 0. The highest BCUT2D eigenvalue weighted by molar-refractivity contribution is 5.56. The molecule has 0 bridgehead atoms. The van der Waals surface area contributed by atoms with Gasteiger partial charge in [0.15, 0.2) is 0 Å². The summed E-state index contributed by atoms with van der Waals surface area (Å²) in [5.74, 6) is 0.325. The Bertz CT molecular complexity index is 801. The van der Waals surface area contributed by atoms with Gasteiger partial charge in [0.25, 0.3) is 0 Å². The van der Waals surface area contributed by atoms with Crippen LogP contribution in [0, 0.1) is 6.92 Å². The highest BCUT2D eigenvalue weighted by Crippen LogP contribution is 2.32. The van der Waals surface area contributed by atoms with Crippen molar-refractivity contribution < 1.29 is 13.2 Å². The second-order valence-corrected chi connectivity index (χ2v) is 6.59. The Morgan fingerprint density at radius 2 is 2.00 bits per heavy atom. The van der Waals surface area contributed by atoms with Crippen LogP contribution in [0.25, 0.3) is 0 Å². The first-order chi connectivity index (χ1) is 11.9. The van der Waals surface area contributed by atoms with Gasteiger partial charge in [-0.15, -0.1) is 0 Å². The molecule has 2 aliphatic rings. The molecular formula is C17H18F3N5. The number of aryl methyl sites for hydroxylation is 1. The molecule has 25 heavy (non-hydrogen) atoms. The molecule has 2 aromatic rings. The van der Waals surface area contributed by atoms with Gasteiger partial charge >= 0.3 is 6.18 Å². The molecule has 3 heterocycles. The number of nitrogens with one attached hydrogen (secondary N) is 2. The molecule has 132 valence electrons. The van der Waals surface area contributed by atoms with Crippen LogP contribution in [0.2, 0.25) is 0 Å². The summed E-state index contributed by atoms with van der Waals surface area (Å²) < 4.78 is 38.9. The molecule has 0 saturated carbocycles. The number of hydrogen-bond acceptors (Lipinski definition) is 5. The molecule has 0 amide bonds. The lowest BCUT2D eigenvalue weighted by molar-refractivity contribution is -0.137. The minimum Gasteiger partial charge on any atom is -0.324 e. The van der Waals surface area contributed by atoms with Gasteiger partial charge in [-0.25, -0.2) is 9.97 Å². The second-order valence-electron chi connectivity index (χ2n) is 6.59. The van der Waals surface area contributed by atoms with Crippen molar-refractivity contribution in [2.45, 2.75) is 32.2 Å². The van der Waals surface area contributed by atoms with E-state index >= 15 is 0 Å². The Labute approximate surface area is 143 Å². The van der Waals surface area contributed by atoms with Gasteiger partial charge in [0.2, 0.25) is 5.95 Å². The van der Waals surface area contributed by atoms with E-state index in [9.17, 15) is 13.2 Å². The first kappa shape index (κ1) is 16.3. The first-order valence-corrected chi connectivity index (χ1v) is 8.14. The Hall–Kier alpha value is -2.19. The van der Waals surface area contributed by atoms with Gasteiger partial charge in [0.05, 0.1) is 11.3 Å². The summed E-state index contributed by atoms with van der Waals surface area (Å²) in [5.41, 5.74) is 2.21. The quantitative estimate of drug-likeness (QED) is 0.892. The van der Waals surface area contributed by atoms with Crippen molar-refractivity contribution in [3.05, 3.63) is 46.8 Å². The number of hydrogen-bond donors (Lipinski definition) is 2. The van der Waals surface area contributed by atoms with Gasteiger partial charge in [0.1, 0.15) is 0 Å². The topological polar surface area (TPSA) is 53.1 Å². The monoisotopic (exact) mass is 349 g/mol.